The Morgan fingerprint density at radius 3 is 2.52 bits per heavy atom. The van der Waals surface area contributed by atoms with Crippen molar-refractivity contribution in [2.45, 2.75) is 39.2 Å². The van der Waals surface area contributed by atoms with Gasteiger partial charge in [0.25, 0.3) is 0 Å². The molecule has 0 saturated heterocycles. The van der Waals surface area contributed by atoms with Crippen LogP contribution in [0, 0.1) is 5.92 Å². The Hall–Kier alpha value is -1.26. The molecule has 0 aliphatic carbocycles. The molecule has 1 amide bonds. The van der Waals surface area contributed by atoms with Crippen LogP contribution in [-0.4, -0.2) is 23.0 Å². The molecule has 0 aromatic heterocycles. The van der Waals surface area contributed by atoms with E-state index in [0.29, 0.717) is 22.9 Å². The fourth-order valence-corrected chi connectivity index (χ4v) is 2.40. The SMILES string of the molecule is CCC(C)C(NC(=O)CCc1ccc(Cl)cc1Cl)C(=O)O. The van der Waals surface area contributed by atoms with E-state index in [4.69, 9.17) is 28.3 Å². The van der Waals surface area contributed by atoms with E-state index in [0.717, 1.165) is 5.56 Å². The Labute approximate surface area is 134 Å². The molecule has 0 heterocycles. The van der Waals surface area contributed by atoms with Gasteiger partial charge in [-0.25, -0.2) is 4.79 Å². The second-order valence-electron chi connectivity index (χ2n) is 5.00. The highest BCUT2D eigenvalue weighted by Gasteiger charge is 2.25. The molecule has 2 unspecified atom stereocenters. The molecular weight excluding hydrogens is 313 g/mol. The van der Waals surface area contributed by atoms with Gasteiger partial charge >= 0.3 is 5.97 Å². The van der Waals surface area contributed by atoms with Crippen molar-refractivity contribution in [2.24, 2.45) is 5.92 Å². The highest BCUT2D eigenvalue weighted by Crippen LogP contribution is 2.22. The zero-order chi connectivity index (χ0) is 16.0. The second kappa shape index (κ2) is 8.25. The minimum atomic E-state index is -1.01. The molecule has 1 aromatic carbocycles. The summed E-state index contributed by atoms with van der Waals surface area (Å²) >= 11 is 11.8. The van der Waals surface area contributed by atoms with Gasteiger partial charge in [0.1, 0.15) is 6.04 Å². The lowest BCUT2D eigenvalue weighted by atomic mass is 9.99. The van der Waals surface area contributed by atoms with Crippen molar-refractivity contribution in [1.29, 1.82) is 0 Å². The number of aryl methyl sites for hydroxylation is 1. The average molecular weight is 332 g/mol. The number of hydrogen-bond acceptors (Lipinski definition) is 2. The van der Waals surface area contributed by atoms with Crippen LogP contribution >= 0.6 is 23.2 Å². The zero-order valence-electron chi connectivity index (χ0n) is 12.0. The molecule has 0 aliphatic rings. The lowest BCUT2D eigenvalue weighted by Gasteiger charge is -2.20. The van der Waals surface area contributed by atoms with Crippen LogP contribution < -0.4 is 5.32 Å². The van der Waals surface area contributed by atoms with Crippen LogP contribution in [0.4, 0.5) is 0 Å². The van der Waals surface area contributed by atoms with E-state index in [-0.39, 0.29) is 18.2 Å². The Bertz CT molecular complexity index is 520. The predicted molar refractivity (Wildman–Crippen MR) is 83.8 cm³/mol. The minimum Gasteiger partial charge on any atom is -0.480 e. The van der Waals surface area contributed by atoms with E-state index >= 15 is 0 Å². The third kappa shape index (κ3) is 5.56. The maximum Gasteiger partial charge on any atom is 0.326 e. The van der Waals surface area contributed by atoms with E-state index in [2.05, 4.69) is 5.32 Å². The number of aliphatic carboxylic acids is 1. The molecule has 1 rings (SSSR count). The summed E-state index contributed by atoms with van der Waals surface area (Å²) in [5, 5.41) is 12.7. The Morgan fingerprint density at radius 2 is 2.00 bits per heavy atom. The van der Waals surface area contributed by atoms with E-state index in [1.165, 1.54) is 0 Å². The van der Waals surface area contributed by atoms with Gasteiger partial charge in [-0.15, -0.1) is 0 Å². The van der Waals surface area contributed by atoms with Crippen molar-refractivity contribution in [1.82, 2.24) is 5.32 Å². The average Bonchev–Trinajstić information content (AvgIpc) is 2.42. The molecule has 116 valence electrons. The van der Waals surface area contributed by atoms with Gasteiger partial charge in [-0.3, -0.25) is 4.79 Å². The summed E-state index contributed by atoms with van der Waals surface area (Å²) in [5.74, 6) is -1.43. The fraction of sp³-hybridized carbons (Fsp3) is 0.467. The molecule has 0 radical (unpaired) electrons. The molecule has 21 heavy (non-hydrogen) atoms. The van der Waals surface area contributed by atoms with Gasteiger partial charge in [-0.05, 0) is 30.0 Å². The summed E-state index contributed by atoms with van der Waals surface area (Å²) in [6, 6.07) is 4.24. The van der Waals surface area contributed by atoms with Crippen molar-refractivity contribution >= 4 is 35.1 Å². The highest BCUT2D eigenvalue weighted by atomic mass is 35.5. The Morgan fingerprint density at radius 1 is 1.33 bits per heavy atom. The van der Waals surface area contributed by atoms with Gasteiger partial charge < -0.3 is 10.4 Å². The standard InChI is InChI=1S/C15H19Cl2NO3/c1-3-9(2)14(15(20)21)18-13(19)7-5-10-4-6-11(16)8-12(10)17/h4,6,8-9,14H,3,5,7H2,1-2H3,(H,18,19)(H,20,21). The molecule has 0 spiro atoms. The molecule has 4 nitrogen and oxygen atoms in total. The first kappa shape index (κ1) is 17.8. The molecule has 0 fully saturated rings. The molecule has 2 N–H and O–H groups in total. The summed E-state index contributed by atoms with van der Waals surface area (Å²) in [6.07, 6.45) is 1.30. The van der Waals surface area contributed by atoms with Crippen molar-refractivity contribution < 1.29 is 14.7 Å². The van der Waals surface area contributed by atoms with Crippen LogP contribution in [0.2, 0.25) is 10.0 Å². The molecule has 0 bridgehead atoms. The molecular formula is C15H19Cl2NO3. The van der Waals surface area contributed by atoms with Gasteiger partial charge in [0.15, 0.2) is 0 Å². The first-order valence-electron chi connectivity index (χ1n) is 6.81. The van der Waals surface area contributed by atoms with Crippen molar-refractivity contribution in [3.63, 3.8) is 0 Å². The lowest BCUT2D eigenvalue weighted by molar-refractivity contribution is -0.143. The zero-order valence-corrected chi connectivity index (χ0v) is 13.5. The number of carbonyl (C=O) groups is 2. The Balaban J connectivity index is 2.58. The molecule has 2 atom stereocenters. The first-order valence-corrected chi connectivity index (χ1v) is 7.56. The van der Waals surface area contributed by atoms with E-state index in [1.807, 2.05) is 6.92 Å². The number of benzene rings is 1. The fourth-order valence-electron chi connectivity index (χ4n) is 1.90. The number of hydrogen-bond donors (Lipinski definition) is 2. The van der Waals surface area contributed by atoms with Crippen LogP contribution in [0.1, 0.15) is 32.3 Å². The third-order valence-corrected chi connectivity index (χ3v) is 4.02. The second-order valence-corrected chi connectivity index (χ2v) is 5.85. The summed E-state index contributed by atoms with van der Waals surface area (Å²) in [4.78, 5) is 23.0. The first-order chi connectivity index (χ1) is 9.85. The van der Waals surface area contributed by atoms with E-state index in [9.17, 15) is 9.59 Å². The number of carboxylic acid groups (broad SMARTS) is 1. The lowest BCUT2D eigenvalue weighted by Crippen LogP contribution is -2.45. The van der Waals surface area contributed by atoms with Crippen LogP contribution in [0.5, 0.6) is 0 Å². The predicted octanol–water partition coefficient (Wildman–Crippen LogP) is 3.54. The van der Waals surface area contributed by atoms with Crippen LogP contribution in [0.15, 0.2) is 18.2 Å². The molecule has 0 saturated carbocycles. The van der Waals surface area contributed by atoms with Crippen molar-refractivity contribution in [2.75, 3.05) is 0 Å². The highest BCUT2D eigenvalue weighted by molar-refractivity contribution is 6.35. The van der Waals surface area contributed by atoms with Crippen LogP contribution in [0.25, 0.3) is 0 Å². The number of rotatable bonds is 7. The molecule has 1 aromatic rings. The quantitative estimate of drug-likeness (QED) is 0.802. The number of nitrogens with one attached hydrogen (secondary N) is 1. The Kier molecular flexibility index (Phi) is 6.99. The molecule has 0 aliphatic heterocycles. The summed E-state index contributed by atoms with van der Waals surface area (Å²) in [5.41, 5.74) is 0.812. The van der Waals surface area contributed by atoms with Gasteiger partial charge in [0.05, 0.1) is 0 Å². The normalized spacial score (nSPS) is 13.5. The number of carboxylic acids is 1. The number of halogens is 2. The van der Waals surface area contributed by atoms with E-state index in [1.54, 1.807) is 25.1 Å². The number of carbonyl (C=O) groups excluding carboxylic acids is 1. The smallest absolute Gasteiger partial charge is 0.326 e. The summed E-state index contributed by atoms with van der Waals surface area (Å²) in [6.45, 7) is 3.69. The summed E-state index contributed by atoms with van der Waals surface area (Å²) < 4.78 is 0. The summed E-state index contributed by atoms with van der Waals surface area (Å²) in [7, 11) is 0. The van der Waals surface area contributed by atoms with Crippen molar-refractivity contribution in [3.05, 3.63) is 33.8 Å². The maximum absolute atomic E-state index is 11.9. The minimum absolute atomic E-state index is 0.120. The van der Waals surface area contributed by atoms with Crippen LogP contribution in [-0.2, 0) is 16.0 Å². The molecule has 6 heteroatoms. The van der Waals surface area contributed by atoms with Gasteiger partial charge in [-0.1, -0.05) is 49.5 Å². The van der Waals surface area contributed by atoms with Gasteiger partial charge in [-0.2, -0.15) is 0 Å². The topological polar surface area (TPSA) is 66.4 Å². The van der Waals surface area contributed by atoms with Crippen LogP contribution in [0.3, 0.4) is 0 Å². The van der Waals surface area contributed by atoms with E-state index < -0.39 is 12.0 Å². The monoisotopic (exact) mass is 331 g/mol. The number of amides is 1. The third-order valence-electron chi connectivity index (χ3n) is 3.43. The van der Waals surface area contributed by atoms with Crippen molar-refractivity contribution in [3.8, 4) is 0 Å². The van der Waals surface area contributed by atoms with Gasteiger partial charge in [0.2, 0.25) is 5.91 Å². The largest absolute Gasteiger partial charge is 0.480 e. The maximum atomic E-state index is 11.9. The van der Waals surface area contributed by atoms with Gasteiger partial charge in [0, 0.05) is 16.5 Å².